The molecule has 0 aliphatic carbocycles. The van der Waals surface area contributed by atoms with Gasteiger partial charge in [-0.3, -0.25) is 9.59 Å². The Bertz CT molecular complexity index is 529. The molecule has 1 saturated heterocycles. The number of nitrogens with zero attached hydrogens (tertiary/aromatic N) is 1. The zero-order chi connectivity index (χ0) is 16.8. The van der Waals surface area contributed by atoms with E-state index in [-0.39, 0.29) is 23.8 Å². The second kappa shape index (κ2) is 8.14. The van der Waals surface area contributed by atoms with Crippen LogP contribution in [0.15, 0.2) is 30.3 Å². The van der Waals surface area contributed by atoms with E-state index < -0.39 is 0 Å². The molecule has 1 N–H and O–H groups in total. The smallest absolute Gasteiger partial charge is 0.230 e. The third-order valence-corrected chi connectivity index (χ3v) is 4.78. The van der Waals surface area contributed by atoms with Gasteiger partial charge in [0.05, 0.1) is 5.92 Å². The van der Waals surface area contributed by atoms with E-state index in [0.29, 0.717) is 12.5 Å². The highest BCUT2D eigenvalue weighted by atomic mass is 16.2. The number of hydrogen-bond donors (Lipinski definition) is 1. The summed E-state index contributed by atoms with van der Waals surface area (Å²) < 4.78 is 0. The van der Waals surface area contributed by atoms with Crippen molar-refractivity contribution in [3.05, 3.63) is 35.9 Å². The fraction of sp³-hybridized carbons (Fsp3) is 0.579. The number of nitrogens with one attached hydrogen (secondary N) is 1. The molecule has 0 spiro atoms. The average Bonchev–Trinajstić information content (AvgIpc) is 2.55. The molecule has 1 heterocycles. The van der Waals surface area contributed by atoms with E-state index in [9.17, 15) is 9.59 Å². The van der Waals surface area contributed by atoms with Crippen molar-refractivity contribution in [2.45, 2.75) is 52.0 Å². The maximum absolute atomic E-state index is 13.1. The molecule has 4 nitrogen and oxygen atoms in total. The molecule has 0 bridgehead atoms. The van der Waals surface area contributed by atoms with Gasteiger partial charge in [-0.2, -0.15) is 0 Å². The summed E-state index contributed by atoms with van der Waals surface area (Å²) in [5.41, 5.74) is 1.09. The van der Waals surface area contributed by atoms with Gasteiger partial charge in [0.15, 0.2) is 0 Å². The number of rotatable bonds is 5. The SMILES string of the molecule is CCC(C)C(C(=O)N1CCCC(NC(C)=O)C1)c1ccccc1. The Labute approximate surface area is 139 Å². The van der Waals surface area contributed by atoms with Crippen LogP contribution in [0.4, 0.5) is 0 Å². The van der Waals surface area contributed by atoms with Gasteiger partial charge in [0.2, 0.25) is 11.8 Å². The Hall–Kier alpha value is -1.84. The molecule has 1 aromatic rings. The van der Waals surface area contributed by atoms with Crippen LogP contribution in [0.3, 0.4) is 0 Å². The normalized spacial score (nSPS) is 20.7. The topological polar surface area (TPSA) is 49.4 Å². The lowest BCUT2D eigenvalue weighted by Gasteiger charge is -2.36. The molecule has 23 heavy (non-hydrogen) atoms. The molecule has 1 fully saturated rings. The molecule has 1 aliphatic rings. The van der Waals surface area contributed by atoms with Crippen molar-refractivity contribution >= 4 is 11.8 Å². The van der Waals surface area contributed by atoms with Gasteiger partial charge in [0.1, 0.15) is 0 Å². The third-order valence-electron chi connectivity index (χ3n) is 4.78. The van der Waals surface area contributed by atoms with Crippen LogP contribution in [0.5, 0.6) is 0 Å². The molecule has 2 amide bonds. The maximum Gasteiger partial charge on any atom is 0.230 e. The van der Waals surface area contributed by atoms with Crippen LogP contribution in [-0.4, -0.2) is 35.8 Å². The summed E-state index contributed by atoms with van der Waals surface area (Å²) in [5.74, 6) is 0.370. The number of benzene rings is 1. The summed E-state index contributed by atoms with van der Waals surface area (Å²) >= 11 is 0. The Morgan fingerprint density at radius 3 is 2.61 bits per heavy atom. The van der Waals surface area contributed by atoms with Crippen LogP contribution < -0.4 is 5.32 Å². The van der Waals surface area contributed by atoms with Crippen LogP contribution in [0.1, 0.15) is 51.5 Å². The molecular formula is C19H28N2O2. The molecule has 1 aliphatic heterocycles. The van der Waals surface area contributed by atoms with Gasteiger partial charge in [-0.15, -0.1) is 0 Å². The first kappa shape index (κ1) is 17.5. The number of likely N-dealkylation sites (tertiary alicyclic amines) is 1. The Morgan fingerprint density at radius 2 is 2.00 bits per heavy atom. The van der Waals surface area contributed by atoms with E-state index >= 15 is 0 Å². The number of piperidine rings is 1. The van der Waals surface area contributed by atoms with Crippen LogP contribution >= 0.6 is 0 Å². The predicted octanol–water partition coefficient (Wildman–Crippen LogP) is 2.94. The van der Waals surface area contributed by atoms with Gasteiger partial charge < -0.3 is 10.2 Å². The number of carbonyl (C=O) groups excluding carboxylic acids is 2. The lowest BCUT2D eigenvalue weighted by atomic mass is 9.84. The van der Waals surface area contributed by atoms with Gasteiger partial charge in [0.25, 0.3) is 0 Å². The first-order valence-corrected chi connectivity index (χ1v) is 8.63. The molecule has 0 saturated carbocycles. The highest BCUT2D eigenvalue weighted by molar-refractivity contribution is 5.84. The van der Waals surface area contributed by atoms with Crippen LogP contribution in [0, 0.1) is 5.92 Å². The minimum atomic E-state index is -0.0997. The number of amides is 2. The molecule has 1 aromatic carbocycles. The second-order valence-corrected chi connectivity index (χ2v) is 6.60. The van der Waals surface area contributed by atoms with E-state index in [4.69, 9.17) is 0 Å². The number of hydrogen-bond acceptors (Lipinski definition) is 2. The van der Waals surface area contributed by atoms with Crippen molar-refractivity contribution in [1.29, 1.82) is 0 Å². The Morgan fingerprint density at radius 1 is 1.30 bits per heavy atom. The van der Waals surface area contributed by atoms with Crippen molar-refractivity contribution in [1.82, 2.24) is 10.2 Å². The Kier molecular flexibility index (Phi) is 6.20. The average molecular weight is 316 g/mol. The third kappa shape index (κ3) is 4.57. The molecule has 3 unspecified atom stereocenters. The van der Waals surface area contributed by atoms with Gasteiger partial charge >= 0.3 is 0 Å². The minimum absolute atomic E-state index is 0.0224. The van der Waals surface area contributed by atoms with E-state index in [1.54, 1.807) is 0 Å². The zero-order valence-corrected chi connectivity index (χ0v) is 14.4. The molecule has 0 aromatic heterocycles. The van der Waals surface area contributed by atoms with Gasteiger partial charge in [0, 0.05) is 26.1 Å². The standard InChI is InChI=1S/C19H28N2O2/c1-4-14(2)18(16-9-6-5-7-10-16)19(23)21-12-8-11-17(13-21)20-15(3)22/h5-7,9-10,14,17-18H,4,8,11-13H2,1-3H3,(H,20,22). The monoisotopic (exact) mass is 316 g/mol. The molecule has 2 rings (SSSR count). The van der Waals surface area contributed by atoms with Crippen LogP contribution in [0.25, 0.3) is 0 Å². The van der Waals surface area contributed by atoms with E-state index in [2.05, 4.69) is 19.2 Å². The molecule has 3 atom stereocenters. The van der Waals surface area contributed by atoms with Gasteiger partial charge in [-0.1, -0.05) is 50.6 Å². The van der Waals surface area contributed by atoms with Crippen molar-refractivity contribution in [3.63, 3.8) is 0 Å². The summed E-state index contributed by atoms with van der Waals surface area (Å²) in [4.78, 5) is 26.4. The first-order chi connectivity index (χ1) is 11.0. The fourth-order valence-corrected chi connectivity index (χ4v) is 3.39. The summed E-state index contributed by atoms with van der Waals surface area (Å²) in [6.07, 6.45) is 2.86. The van der Waals surface area contributed by atoms with Gasteiger partial charge in [-0.05, 0) is 24.3 Å². The van der Waals surface area contributed by atoms with E-state index in [1.165, 1.54) is 6.92 Å². The molecule has 126 valence electrons. The summed E-state index contributed by atoms with van der Waals surface area (Å²) in [6.45, 7) is 7.22. The van der Waals surface area contributed by atoms with Crippen LogP contribution in [0.2, 0.25) is 0 Å². The van der Waals surface area contributed by atoms with Crippen molar-refractivity contribution in [2.75, 3.05) is 13.1 Å². The summed E-state index contributed by atoms with van der Waals surface area (Å²) in [6, 6.07) is 10.1. The van der Waals surface area contributed by atoms with E-state index in [1.807, 2.05) is 35.2 Å². The van der Waals surface area contributed by atoms with Gasteiger partial charge in [-0.25, -0.2) is 0 Å². The number of carbonyl (C=O) groups is 2. The van der Waals surface area contributed by atoms with Crippen molar-refractivity contribution in [3.8, 4) is 0 Å². The lowest BCUT2D eigenvalue weighted by molar-refractivity contribution is -0.136. The predicted molar refractivity (Wildman–Crippen MR) is 92.1 cm³/mol. The van der Waals surface area contributed by atoms with E-state index in [0.717, 1.165) is 31.4 Å². The van der Waals surface area contributed by atoms with Crippen molar-refractivity contribution in [2.24, 2.45) is 5.92 Å². The largest absolute Gasteiger partial charge is 0.352 e. The zero-order valence-electron chi connectivity index (χ0n) is 14.4. The minimum Gasteiger partial charge on any atom is -0.352 e. The van der Waals surface area contributed by atoms with Crippen LogP contribution in [-0.2, 0) is 9.59 Å². The Balaban J connectivity index is 2.15. The maximum atomic E-state index is 13.1. The quantitative estimate of drug-likeness (QED) is 0.908. The first-order valence-electron chi connectivity index (χ1n) is 8.63. The molecular weight excluding hydrogens is 288 g/mol. The highest BCUT2D eigenvalue weighted by Gasteiger charge is 2.32. The lowest BCUT2D eigenvalue weighted by Crippen LogP contribution is -2.50. The molecule has 4 heteroatoms. The molecule has 0 radical (unpaired) electrons. The fourth-order valence-electron chi connectivity index (χ4n) is 3.39. The summed E-state index contributed by atoms with van der Waals surface area (Å²) in [7, 11) is 0. The summed E-state index contributed by atoms with van der Waals surface area (Å²) in [5, 5.41) is 2.96. The highest BCUT2D eigenvalue weighted by Crippen LogP contribution is 2.30. The second-order valence-electron chi connectivity index (χ2n) is 6.60. The van der Waals surface area contributed by atoms with Crippen molar-refractivity contribution < 1.29 is 9.59 Å².